The Labute approximate surface area is 104 Å². The quantitative estimate of drug-likeness (QED) is 0.826. The van der Waals surface area contributed by atoms with Gasteiger partial charge in [0.2, 0.25) is 0 Å². The minimum Gasteiger partial charge on any atom is -0.496 e. The Balaban J connectivity index is 3.34. The van der Waals surface area contributed by atoms with Crippen molar-refractivity contribution in [3.05, 3.63) is 28.8 Å². The van der Waals surface area contributed by atoms with Crippen LogP contribution in [0.1, 0.15) is 49.5 Å². The van der Waals surface area contributed by atoms with E-state index >= 15 is 0 Å². The number of ether oxygens (including phenoxy) is 1. The van der Waals surface area contributed by atoms with Crippen molar-refractivity contribution in [2.24, 2.45) is 5.73 Å². The highest BCUT2D eigenvalue weighted by atomic mass is 16.5. The normalized spacial score (nSPS) is 12.9. The molecule has 0 aromatic heterocycles. The van der Waals surface area contributed by atoms with Gasteiger partial charge in [-0.2, -0.15) is 0 Å². The number of aliphatic hydroxyl groups excluding tert-OH is 1. The molecule has 1 unspecified atom stereocenters. The van der Waals surface area contributed by atoms with Crippen molar-refractivity contribution in [2.75, 3.05) is 13.7 Å². The van der Waals surface area contributed by atoms with Crippen LogP contribution in [0.3, 0.4) is 0 Å². The molecule has 0 fully saturated rings. The molecule has 0 spiro atoms. The van der Waals surface area contributed by atoms with E-state index in [1.165, 1.54) is 0 Å². The van der Waals surface area contributed by atoms with Crippen molar-refractivity contribution in [2.45, 2.75) is 39.2 Å². The van der Waals surface area contributed by atoms with E-state index < -0.39 is 6.10 Å². The van der Waals surface area contributed by atoms with E-state index in [0.717, 1.165) is 28.9 Å². The predicted octanol–water partition coefficient (Wildman–Crippen LogP) is 2.37. The average molecular weight is 237 g/mol. The van der Waals surface area contributed by atoms with Crippen LogP contribution in [0.25, 0.3) is 0 Å². The molecule has 0 aliphatic heterocycles. The van der Waals surface area contributed by atoms with Crippen LogP contribution in [-0.4, -0.2) is 18.8 Å². The number of hydrogen-bond acceptors (Lipinski definition) is 3. The monoisotopic (exact) mass is 237 g/mol. The summed E-state index contributed by atoms with van der Waals surface area (Å²) in [5.74, 6) is 1.30. The Morgan fingerprint density at radius 3 is 2.41 bits per heavy atom. The molecule has 0 saturated heterocycles. The van der Waals surface area contributed by atoms with Crippen molar-refractivity contribution in [1.29, 1.82) is 0 Å². The molecule has 1 aromatic carbocycles. The fourth-order valence-corrected chi connectivity index (χ4v) is 2.01. The largest absolute Gasteiger partial charge is 0.496 e. The maximum absolute atomic E-state index is 9.85. The molecule has 1 aromatic rings. The lowest BCUT2D eigenvalue weighted by molar-refractivity contribution is 0.186. The number of nitrogens with two attached hydrogens (primary N) is 1. The van der Waals surface area contributed by atoms with Crippen LogP contribution >= 0.6 is 0 Å². The SMILES string of the molecule is CCc1cc(C(O)CN)cc(C(C)C)c1OC. The third-order valence-corrected chi connectivity index (χ3v) is 3.03. The number of rotatable bonds is 5. The Morgan fingerprint density at radius 1 is 1.35 bits per heavy atom. The summed E-state index contributed by atoms with van der Waals surface area (Å²) < 4.78 is 5.48. The zero-order valence-electron chi connectivity index (χ0n) is 11.2. The van der Waals surface area contributed by atoms with Gasteiger partial charge >= 0.3 is 0 Å². The van der Waals surface area contributed by atoms with E-state index in [9.17, 15) is 5.11 Å². The van der Waals surface area contributed by atoms with Crippen molar-refractivity contribution in [3.63, 3.8) is 0 Å². The number of benzene rings is 1. The first-order valence-corrected chi connectivity index (χ1v) is 6.13. The summed E-state index contributed by atoms with van der Waals surface area (Å²) in [6.07, 6.45) is 0.289. The summed E-state index contributed by atoms with van der Waals surface area (Å²) in [4.78, 5) is 0. The van der Waals surface area contributed by atoms with Gasteiger partial charge in [-0.15, -0.1) is 0 Å². The lowest BCUT2D eigenvalue weighted by Crippen LogP contribution is -2.13. The molecule has 0 heterocycles. The average Bonchev–Trinajstić information content (AvgIpc) is 2.35. The standard InChI is InChI=1S/C14H23NO2/c1-5-10-6-11(13(16)8-15)7-12(9(2)3)14(10)17-4/h6-7,9,13,16H,5,8,15H2,1-4H3. The molecule has 1 rings (SSSR count). The molecule has 96 valence electrons. The van der Waals surface area contributed by atoms with Crippen LogP contribution in [-0.2, 0) is 6.42 Å². The van der Waals surface area contributed by atoms with Gasteiger partial charge < -0.3 is 15.6 Å². The summed E-state index contributed by atoms with van der Waals surface area (Å²) in [7, 11) is 1.69. The lowest BCUT2D eigenvalue weighted by atomic mass is 9.93. The van der Waals surface area contributed by atoms with E-state index in [4.69, 9.17) is 10.5 Å². The van der Waals surface area contributed by atoms with E-state index in [2.05, 4.69) is 20.8 Å². The topological polar surface area (TPSA) is 55.5 Å². The van der Waals surface area contributed by atoms with E-state index in [1.807, 2.05) is 12.1 Å². The highest BCUT2D eigenvalue weighted by Gasteiger charge is 2.16. The minimum absolute atomic E-state index is 0.243. The van der Waals surface area contributed by atoms with Crippen LogP contribution in [0.2, 0.25) is 0 Å². The molecule has 3 nitrogen and oxygen atoms in total. The molecule has 3 N–H and O–H groups in total. The van der Waals surface area contributed by atoms with Gasteiger partial charge in [-0.25, -0.2) is 0 Å². The van der Waals surface area contributed by atoms with Crippen molar-refractivity contribution >= 4 is 0 Å². The van der Waals surface area contributed by atoms with E-state index in [-0.39, 0.29) is 6.54 Å². The Bertz CT molecular complexity index is 375. The Kier molecular flexibility index (Phi) is 4.97. The number of aliphatic hydroxyl groups is 1. The molecule has 0 amide bonds. The summed E-state index contributed by atoms with van der Waals surface area (Å²) in [6.45, 7) is 6.57. The molecular formula is C14H23NO2. The van der Waals surface area contributed by atoms with Gasteiger partial charge in [0.15, 0.2) is 0 Å². The van der Waals surface area contributed by atoms with Crippen LogP contribution in [0.15, 0.2) is 12.1 Å². The first kappa shape index (κ1) is 14.0. The fraction of sp³-hybridized carbons (Fsp3) is 0.571. The summed E-state index contributed by atoms with van der Waals surface area (Å²) in [5.41, 5.74) is 8.65. The maximum atomic E-state index is 9.85. The van der Waals surface area contributed by atoms with Gasteiger partial charge in [-0.1, -0.05) is 20.8 Å². The van der Waals surface area contributed by atoms with Crippen LogP contribution in [0, 0.1) is 0 Å². The summed E-state index contributed by atoms with van der Waals surface area (Å²) >= 11 is 0. The molecule has 1 atom stereocenters. The van der Waals surface area contributed by atoms with Gasteiger partial charge in [0.1, 0.15) is 5.75 Å². The van der Waals surface area contributed by atoms with Crippen molar-refractivity contribution in [1.82, 2.24) is 0 Å². The van der Waals surface area contributed by atoms with E-state index in [0.29, 0.717) is 5.92 Å². The zero-order chi connectivity index (χ0) is 13.0. The van der Waals surface area contributed by atoms with Crippen molar-refractivity contribution in [3.8, 4) is 5.75 Å². The Hall–Kier alpha value is -1.06. The first-order valence-electron chi connectivity index (χ1n) is 6.13. The molecule has 0 radical (unpaired) electrons. The lowest BCUT2D eigenvalue weighted by Gasteiger charge is -2.19. The first-order chi connectivity index (χ1) is 8.04. The summed E-state index contributed by atoms with van der Waals surface area (Å²) in [6, 6.07) is 3.99. The number of hydrogen-bond donors (Lipinski definition) is 2. The molecule has 0 aliphatic carbocycles. The second kappa shape index (κ2) is 6.03. The van der Waals surface area contributed by atoms with Crippen LogP contribution in [0.4, 0.5) is 0 Å². The molecule has 0 saturated carbocycles. The highest BCUT2D eigenvalue weighted by molar-refractivity contribution is 5.47. The van der Waals surface area contributed by atoms with Gasteiger partial charge in [-0.05, 0) is 41.2 Å². The molecule has 3 heteroatoms. The molecule has 0 bridgehead atoms. The minimum atomic E-state index is -0.594. The molecule has 0 aliphatic rings. The van der Waals surface area contributed by atoms with Gasteiger partial charge in [0, 0.05) is 6.54 Å². The second-order valence-electron chi connectivity index (χ2n) is 4.56. The number of methoxy groups -OCH3 is 1. The summed E-state index contributed by atoms with van der Waals surface area (Å²) in [5, 5.41) is 9.85. The van der Waals surface area contributed by atoms with Gasteiger partial charge in [0.05, 0.1) is 13.2 Å². The van der Waals surface area contributed by atoms with Crippen molar-refractivity contribution < 1.29 is 9.84 Å². The van der Waals surface area contributed by atoms with Crippen LogP contribution in [0.5, 0.6) is 5.75 Å². The van der Waals surface area contributed by atoms with E-state index in [1.54, 1.807) is 7.11 Å². The van der Waals surface area contributed by atoms with Gasteiger partial charge in [-0.3, -0.25) is 0 Å². The zero-order valence-corrected chi connectivity index (χ0v) is 11.2. The predicted molar refractivity (Wildman–Crippen MR) is 70.5 cm³/mol. The van der Waals surface area contributed by atoms with Crippen LogP contribution < -0.4 is 10.5 Å². The molecule has 17 heavy (non-hydrogen) atoms. The fourth-order valence-electron chi connectivity index (χ4n) is 2.01. The smallest absolute Gasteiger partial charge is 0.125 e. The second-order valence-corrected chi connectivity index (χ2v) is 4.56. The number of aryl methyl sites for hydroxylation is 1. The third-order valence-electron chi connectivity index (χ3n) is 3.03. The highest BCUT2D eigenvalue weighted by Crippen LogP contribution is 2.33. The Morgan fingerprint density at radius 2 is 2.00 bits per heavy atom. The van der Waals surface area contributed by atoms with Gasteiger partial charge in [0.25, 0.3) is 0 Å². The third kappa shape index (κ3) is 2.99. The maximum Gasteiger partial charge on any atom is 0.125 e. The molecular weight excluding hydrogens is 214 g/mol.